The molecule has 4 nitrogen and oxygen atoms in total. The van der Waals surface area contributed by atoms with Gasteiger partial charge >= 0.3 is 0 Å². The zero-order valence-corrected chi connectivity index (χ0v) is 8.50. The summed E-state index contributed by atoms with van der Waals surface area (Å²) in [6.45, 7) is 0. The number of nitrogens with one attached hydrogen (secondary N) is 1. The number of aromatic nitrogens is 3. The van der Waals surface area contributed by atoms with Crippen molar-refractivity contribution in [2.45, 2.75) is 0 Å². The van der Waals surface area contributed by atoms with E-state index in [-0.39, 0.29) is 5.28 Å². The summed E-state index contributed by atoms with van der Waals surface area (Å²) in [4.78, 5) is 3.88. The molecule has 0 bridgehead atoms. The van der Waals surface area contributed by atoms with E-state index in [1.54, 1.807) is 0 Å². The van der Waals surface area contributed by atoms with E-state index in [2.05, 4.69) is 15.4 Å². The van der Waals surface area contributed by atoms with E-state index in [1.165, 1.54) is 0 Å². The largest absolute Gasteiger partial charge is 0.323 e. The molecule has 0 saturated carbocycles. The summed E-state index contributed by atoms with van der Waals surface area (Å²) >= 11 is 11.2. The maximum atomic E-state index is 5.61. The van der Waals surface area contributed by atoms with Gasteiger partial charge in [0.2, 0.25) is 11.2 Å². The smallest absolute Gasteiger partial charge is 0.249 e. The van der Waals surface area contributed by atoms with Gasteiger partial charge in [-0.25, -0.2) is 0 Å². The van der Waals surface area contributed by atoms with E-state index >= 15 is 0 Å². The summed E-state index contributed by atoms with van der Waals surface area (Å²) in [7, 11) is 0. The van der Waals surface area contributed by atoms with Gasteiger partial charge in [0, 0.05) is 17.5 Å². The second-order valence-electron chi connectivity index (χ2n) is 2.56. The minimum Gasteiger partial charge on any atom is -0.323 e. The van der Waals surface area contributed by atoms with Crippen molar-refractivity contribution >= 4 is 35.0 Å². The van der Waals surface area contributed by atoms with Gasteiger partial charge in [-0.2, -0.15) is 4.98 Å². The second-order valence-corrected chi connectivity index (χ2v) is 3.21. The molecule has 0 unspecified atom stereocenters. The molecule has 0 spiro atoms. The van der Waals surface area contributed by atoms with Crippen LogP contribution in [0.5, 0.6) is 0 Å². The van der Waals surface area contributed by atoms with Crippen LogP contribution in [0.25, 0.3) is 0 Å². The number of rotatable bonds is 2. The van der Waals surface area contributed by atoms with Crippen molar-refractivity contribution < 1.29 is 0 Å². The third kappa shape index (κ3) is 1.97. The van der Waals surface area contributed by atoms with Crippen molar-refractivity contribution in [3.63, 3.8) is 0 Å². The Labute approximate surface area is 90.6 Å². The lowest BCUT2D eigenvalue weighted by atomic mass is 10.3. The van der Waals surface area contributed by atoms with Crippen LogP contribution in [-0.2, 0) is 0 Å². The Bertz CT molecular complexity index is 407. The van der Waals surface area contributed by atoms with Crippen LogP contribution < -0.4 is 5.32 Å². The van der Waals surface area contributed by atoms with Gasteiger partial charge in [0.1, 0.15) is 0 Å². The zero-order chi connectivity index (χ0) is 9.97. The maximum absolute atomic E-state index is 5.61. The molecule has 0 saturated heterocycles. The Morgan fingerprint density at radius 2 is 1.93 bits per heavy atom. The molecule has 2 rings (SSSR count). The molecule has 14 heavy (non-hydrogen) atoms. The molecule has 1 heterocycles. The van der Waals surface area contributed by atoms with Crippen LogP contribution in [0.1, 0.15) is 0 Å². The lowest BCUT2D eigenvalue weighted by Gasteiger charge is -1.98. The third-order valence-corrected chi connectivity index (χ3v) is 2.13. The molecule has 0 atom stereocenters. The SMILES string of the molecule is Clc1nc(Nc2ccccc2)nn1Cl. The van der Waals surface area contributed by atoms with E-state index in [0.29, 0.717) is 5.95 Å². The summed E-state index contributed by atoms with van der Waals surface area (Å²) in [6, 6.07) is 9.51. The first-order valence-corrected chi connectivity index (χ1v) is 4.58. The van der Waals surface area contributed by atoms with E-state index in [1.807, 2.05) is 30.3 Å². The fourth-order valence-electron chi connectivity index (χ4n) is 0.979. The van der Waals surface area contributed by atoms with Crippen LogP contribution in [0, 0.1) is 0 Å². The molecular formula is C8H6Cl2N4. The number of hydrogen-bond acceptors (Lipinski definition) is 3. The van der Waals surface area contributed by atoms with Gasteiger partial charge in [-0.15, -0.1) is 9.30 Å². The van der Waals surface area contributed by atoms with Gasteiger partial charge in [0.05, 0.1) is 0 Å². The average molecular weight is 229 g/mol. The molecule has 0 fully saturated rings. The highest BCUT2D eigenvalue weighted by atomic mass is 35.5. The fraction of sp³-hybridized carbons (Fsp3) is 0. The van der Waals surface area contributed by atoms with Crippen molar-refractivity contribution in [2.75, 3.05) is 5.32 Å². The summed E-state index contributed by atoms with van der Waals surface area (Å²) in [6.07, 6.45) is 0. The summed E-state index contributed by atoms with van der Waals surface area (Å²) < 4.78 is 0.979. The van der Waals surface area contributed by atoms with E-state index in [4.69, 9.17) is 23.4 Å². The van der Waals surface area contributed by atoms with E-state index in [9.17, 15) is 0 Å². The fourth-order valence-corrected chi connectivity index (χ4v) is 1.21. The summed E-state index contributed by atoms with van der Waals surface area (Å²) in [5.41, 5.74) is 0.881. The highest BCUT2D eigenvalue weighted by Crippen LogP contribution is 2.15. The minimum absolute atomic E-state index is 0.130. The maximum Gasteiger partial charge on any atom is 0.249 e. The van der Waals surface area contributed by atoms with Crippen molar-refractivity contribution in [1.82, 2.24) is 14.3 Å². The number of para-hydroxylation sites is 1. The highest BCUT2D eigenvalue weighted by Gasteiger charge is 2.05. The molecule has 0 aliphatic rings. The Kier molecular flexibility index (Phi) is 2.56. The Morgan fingerprint density at radius 3 is 2.50 bits per heavy atom. The van der Waals surface area contributed by atoms with Gasteiger partial charge in [-0.1, -0.05) is 18.2 Å². The molecule has 0 amide bonds. The molecular weight excluding hydrogens is 223 g/mol. The topological polar surface area (TPSA) is 42.7 Å². The van der Waals surface area contributed by atoms with Crippen molar-refractivity contribution in [3.05, 3.63) is 35.6 Å². The van der Waals surface area contributed by atoms with Crippen LogP contribution in [0.15, 0.2) is 30.3 Å². The molecule has 2 aromatic rings. The lowest BCUT2D eigenvalue weighted by molar-refractivity contribution is 0.997. The van der Waals surface area contributed by atoms with Gasteiger partial charge in [-0.3, -0.25) is 0 Å². The monoisotopic (exact) mass is 228 g/mol. The molecule has 0 radical (unpaired) electrons. The Hall–Kier alpha value is -1.26. The molecule has 1 aromatic heterocycles. The first-order chi connectivity index (χ1) is 6.75. The molecule has 0 aliphatic carbocycles. The van der Waals surface area contributed by atoms with Crippen LogP contribution >= 0.6 is 23.4 Å². The normalized spacial score (nSPS) is 10.1. The van der Waals surface area contributed by atoms with Crippen LogP contribution in [0.2, 0.25) is 5.28 Å². The number of nitrogens with zero attached hydrogens (tertiary/aromatic N) is 3. The minimum atomic E-state index is 0.130. The Morgan fingerprint density at radius 1 is 1.21 bits per heavy atom. The quantitative estimate of drug-likeness (QED) is 0.860. The van der Waals surface area contributed by atoms with Crippen molar-refractivity contribution in [1.29, 1.82) is 0 Å². The number of halogens is 2. The molecule has 72 valence electrons. The second kappa shape index (κ2) is 3.86. The summed E-state index contributed by atoms with van der Waals surface area (Å²) in [5.74, 6) is 0.371. The summed E-state index contributed by atoms with van der Waals surface area (Å²) in [5, 5.41) is 6.92. The van der Waals surface area contributed by atoms with Crippen LogP contribution in [0.4, 0.5) is 11.6 Å². The van der Waals surface area contributed by atoms with Crippen molar-refractivity contribution in [2.24, 2.45) is 0 Å². The number of benzene rings is 1. The standard InChI is InChI=1S/C8H6Cl2N4/c9-7-12-8(13-14(7)10)11-6-4-2-1-3-5-6/h1-5H,(H,11,13). The van der Waals surface area contributed by atoms with Crippen molar-refractivity contribution in [3.8, 4) is 0 Å². The number of hydrogen-bond donors (Lipinski definition) is 1. The highest BCUT2D eigenvalue weighted by molar-refractivity contribution is 6.31. The van der Waals surface area contributed by atoms with Crippen LogP contribution in [0.3, 0.4) is 0 Å². The van der Waals surface area contributed by atoms with E-state index < -0.39 is 0 Å². The lowest BCUT2D eigenvalue weighted by Crippen LogP contribution is -1.92. The van der Waals surface area contributed by atoms with E-state index in [0.717, 1.165) is 9.89 Å². The molecule has 1 N–H and O–H groups in total. The van der Waals surface area contributed by atoms with Gasteiger partial charge < -0.3 is 5.32 Å². The predicted molar refractivity (Wildman–Crippen MR) is 56.0 cm³/mol. The molecule has 1 aromatic carbocycles. The van der Waals surface area contributed by atoms with Gasteiger partial charge in [0.15, 0.2) is 0 Å². The average Bonchev–Trinajstić information content (AvgIpc) is 2.47. The Balaban J connectivity index is 2.19. The third-order valence-electron chi connectivity index (χ3n) is 1.56. The molecule has 6 heteroatoms. The van der Waals surface area contributed by atoms with Gasteiger partial charge in [0.25, 0.3) is 0 Å². The first-order valence-electron chi connectivity index (χ1n) is 3.86. The zero-order valence-electron chi connectivity index (χ0n) is 6.98. The van der Waals surface area contributed by atoms with Crippen LogP contribution in [-0.4, -0.2) is 14.3 Å². The van der Waals surface area contributed by atoms with Gasteiger partial charge in [-0.05, 0) is 23.7 Å². The first kappa shape index (κ1) is 9.30. The number of anilines is 2. The molecule has 0 aliphatic heterocycles. The predicted octanol–water partition coefficient (Wildman–Crippen LogP) is 2.68.